The van der Waals surface area contributed by atoms with Crippen LogP contribution in [0.4, 0.5) is 0 Å². The molecule has 0 spiro atoms. The highest BCUT2D eigenvalue weighted by molar-refractivity contribution is 7.99. The lowest BCUT2D eigenvalue weighted by Crippen LogP contribution is -2.59. The number of carbonyl (C=O) groups excluding carboxylic acids is 1. The molecule has 0 amide bonds. The molecule has 0 aromatic carbocycles. The van der Waals surface area contributed by atoms with Gasteiger partial charge in [-0.2, -0.15) is 0 Å². The summed E-state index contributed by atoms with van der Waals surface area (Å²) in [6, 6.07) is 0. The van der Waals surface area contributed by atoms with E-state index in [1.807, 2.05) is 6.92 Å². The summed E-state index contributed by atoms with van der Waals surface area (Å²) >= 11 is 1.43. The number of aliphatic hydroxyl groups excluding tert-OH is 2. The van der Waals surface area contributed by atoms with Crippen LogP contribution in [0.3, 0.4) is 0 Å². The Balaban J connectivity index is 2.92. The third kappa shape index (κ3) is 4.46. The van der Waals surface area contributed by atoms with E-state index in [-0.39, 0.29) is 13.2 Å². The summed E-state index contributed by atoms with van der Waals surface area (Å²) in [6.45, 7) is 6.67. The summed E-state index contributed by atoms with van der Waals surface area (Å²) in [5, 5.41) is 19.5. The molecule has 0 saturated carbocycles. The summed E-state index contributed by atoms with van der Waals surface area (Å²) in [7, 11) is 0. The second-order valence-corrected chi connectivity index (χ2v) is 5.71. The standard InChI is InChI=1S/C13H22O6S/c1-4-6-17-11-10(16)9(7-14)19-13(20-5-2)12(11)18-8(3)15/h4,9-14,16H,1,5-7H2,2-3H3/t9-,10+,11+,12-,13+/m1/s1. The SMILES string of the molecule is C=CCO[C@H]1[C@@H](O)[C@@H](CO)O[C@@H](SCC)[C@@H]1OC(C)=O. The van der Waals surface area contributed by atoms with Gasteiger partial charge >= 0.3 is 5.97 Å². The predicted octanol–water partition coefficient (Wildman–Crippen LogP) is 0.320. The van der Waals surface area contributed by atoms with Gasteiger partial charge in [0.1, 0.15) is 23.7 Å². The lowest BCUT2D eigenvalue weighted by atomic mass is 10.00. The number of esters is 1. The molecule has 0 radical (unpaired) electrons. The largest absolute Gasteiger partial charge is 0.456 e. The predicted molar refractivity (Wildman–Crippen MR) is 75.4 cm³/mol. The van der Waals surface area contributed by atoms with Crippen molar-refractivity contribution < 1.29 is 29.2 Å². The fourth-order valence-electron chi connectivity index (χ4n) is 2.03. The number of rotatable bonds is 7. The van der Waals surface area contributed by atoms with E-state index in [4.69, 9.17) is 14.2 Å². The lowest BCUT2D eigenvalue weighted by Gasteiger charge is -2.43. The molecular formula is C13H22O6S. The fraction of sp³-hybridized carbons (Fsp3) is 0.769. The van der Waals surface area contributed by atoms with E-state index in [0.717, 1.165) is 5.75 Å². The molecule has 2 N–H and O–H groups in total. The van der Waals surface area contributed by atoms with Gasteiger partial charge in [0.25, 0.3) is 0 Å². The Bertz CT molecular complexity index is 324. The molecule has 1 rings (SSSR count). The molecule has 6 nitrogen and oxygen atoms in total. The van der Waals surface area contributed by atoms with E-state index in [2.05, 4.69) is 6.58 Å². The minimum atomic E-state index is -1.07. The van der Waals surface area contributed by atoms with E-state index in [9.17, 15) is 15.0 Å². The molecule has 1 heterocycles. The van der Waals surface area contributed by atoms with Crippen LogP contribution in [0.1, 0.15) is 13.8 Å². The Hall–Kier alpha value is -0.600. The molecular weight excluding hydrogens is 284 g/mol. The maximum Gasteiger partial charge on any atom is 0.303 e. The van der Waals surface area contributed by atoms with Gasteiger partial charge in [-0.05, 0) is 5.75 Å². The van der Waals surface area contributed by atoms with Crippen LogP contribution in [-0.2, 0) is 19.0 Å². The van der Waals surface area contributed by atoms with Gasteiger partial charge in [-0.15, -0.1) is 18.3 Å². The molecule has 0 bridgehead atoms. The lowest BCUT2D eigenvalue weighted by molar-refractivity contribution is -0.227. The number of hydrogen-bond donors (Lipinski definition) is 2. The molecule has 7 heteroatoms. The maximum atomic E-state index is 11.2. The number of carbonyl (C=O) groups is 1. The molecule has 1 aliphatic rings. The van der Waals surface area contributed by atoms with Crippen molar-refractivity contribution in [2.24, 2.45) is 0 Å². The number of aliphatic hydroxyl groups is 2. The highest BCUT2D eigenvalue weighted by atomic mass is 32.2. The van der Waals surface area contributed by atoms with Gasteiger partial charge < -0.3 is 24.4 Å². The van der Waals surface area contributed by atoms with Crippen molar-refractivity contribution in [3.63, 3.8) is 0 Å². The number of hydrogen-bond acceptors (Lipinski definition) is 7. The first-order valence-corrected chi connectivity index (χ1v) is 7.55. The molecule has 0 aromatic rings. The molecule has 1 saturated heterocycles. The average Bonchev–Trinajstić information content (AvgIpc) is 2.41. The monoisotopic (exact) mass is 306 g/mol. The molecule has 1 aliphatic heterocycles. The molecule has 0 unspecified atom stereocenters. The number of ether oxygens (including phenoxy) is 3. The quantitative estimate of drug-likeness (QED) is 0.517. The van der Waals surface area contributed by atoms with Crippen molar-refractivity contribution in [3.05, 3.63) is 12.7 Å². The van der Waals surface area contributed by atoms with Gasteiger partial charge in [0.05, 0.1) is 13.2 Å². The minimum absolute atomic E-state index is 0.209. The summed E-state index contributed by atoms with van der Waals surface area (Å²) in [6.07, 6.45) is -1.77. The Morgan fingerprint density at radius 2 is 2.20 bits per heavy atom. The summed E-state index contributed by atoms with van der Waals surface area (Å²) in [5.74, 6) is 0.271. The summed E-state index contributed by atoms with van der Waals surface area (Å²) in [4.78, 5) is 11.2. The van der Waals surface area contributed by atoms with Crippen LogP contribution < -0.4 is 0 Å². The topological polar surface area (TPSA) is 85.2 Å². The second kappa shape index (κ2) is 8.63. The Morgan fingerprint density at radius 1 is 1.50 bits per heavy atom. The van der Waals surface area contributed by atoms with Crippen LogP contribution in [0.5, 0.6) is 0 Å². The third-order valence-electron chi connectivity index (χ3n) is 2.84. The average molecular weight is 306 g/mol. The van der Waals surface area contributed by atoms with Crippen molar-refractivity contribution in [2.75, 3.05) is 19.0 Å². The van der Waals surface area contributed by atoms with Crippen molar-refractivity contribution in [1.82, 2.24) is 0 Å². The van der Waals surface area contributed by atoms with Crippen LogP contribution in [0.2, 0.25) is 0 Å². The Labute approximate surface area is 123 Å². The summed E-state index contributed by atoms with van der Waals surface area (Å²) < 4.78 is 16.4. The number of thioether (sulfide) groups is 1. The van der Waals surface area contributed by atoms with Gasteiger partial charge in [-0.3, -0.25) is 4.79 Å². The first-order valence-electron chi connectivity index (χ1n) is 6.50. The zero-order valence-corrected chi connectivity index (χ0v) is 12.5. The Morgan fingerprint density at radius 3 is 2.70 bits per heavy atom. The van der Waals surface area contributed by atoms with Gasteiger partial charge in [-0.25, -0.2) is 0 Å². The molecule has 0 aliphatic carbocycles. The van der Waals surface area contributed by atoms with Crippen LogP contribution >= 0.6 is 11.8 Å². The van der Waals surface area contributed by atoms with Gasteiger partial charge in [-0.1, -0.05) is 13.0 Å². The molecule has 1 fully saturated rings. The molecule has 116 valence electrons. The van der Waals surface area contributed by atoms with E-state index in [1.54, 1.807) is 6.08 Å². The normalized spacial score (nSPS) is 33.7. The van der Waals surface area contributed by atoms with E-state index in [0.29, 0.717) is 0 Å². The zero-order chi connectivity index (χ0) is 15.1. The Kier molecular flexibility index (Phi) is 7.53. The van der Waals surface area contributed by atoms with Crippen molar-refractivity contribution in [3.8, 4) is 0 Å². The van der Waals surface area contributed by atoms with Crippen LogP contribution in [0.15, 0.2) is 12.7 Å². The van der Waals surface area contributed by atoms with E-state index in [1.165, 1.54) is 18.7 Å². The highest BCUT2D eigenvalue weighted by Gasteiger charge is 2.47. The molecule has 5 atom stereocenters. The highest BCUT2D eigenvalue weighted by Crippen LogP contribution is 2.32. The summed E-state index contributed by atoms with van der Waals surface area (Å²) in [5.41, 5.74) is -0.487. The zero-order valence-electron chi connectivity index (χ0n) is 11.7. The first kappa shape index (κ1) is 17.5. The third-order valence-corrected chi connectivity index (χ3v) is 3.88. The minimum Gasteiger partial charge on any atom is -0.456 e. The smallest absolute Gasteiger partial charge is 0.303 e. The van der Waals surface area contributed by atoms with Crippen LogP contribution in [0.25, 0.3) is 0 Å². The molecule has 0 aromatic heterocycles. The second-order valence-electron chi connectivity index (χ2n) is 4.33. The maximum absolute atomic E-state index is 11.2. The van der Waals surface area contributed by atoms with Crippen LogP contribution in [0, 0.1) is 0 Å². The van der Waals surface area contributed by atoms with E-state index >= 15 is 0 Å². The van der Waals surface area contributed by atoms with Crippen molar-refractivity contribution >= 4 is 17.7 Å². The van der Waals surface area contributed by atoms with Gasteiger partial charge in [0.15, 0.2) is 6.10 Å². The fourth-order valence-corrected chi connectivity index (χ4v) is 2.98. The molecule has 20 heavy (non-hydrogen) atoms. The van der Waals surface area contributed by atoms with E-state index < -0.39 is 35.8 Å². The van der Waals surface area contributed by atoms with Gasteiger partial charge in [0, 0.05) is 6.92 Å². The first-order chi connectivity index (χ1) is 9.54. The van der Waals surface area contributed by atoms with Crippen molar-refractivity contribution in [1.29, 1.82) is 0 Å². The van der Waals surface area contributed by atoms with Crippen LogP contribution in [-0.4, -0.2) is 65.0 Å². The van der Waals surface area contributed by atoms with Crippen molar-refractivity contribution in [2.45, 2.75) is 43.7 Å². The van der Waals surface area contributed by atoms with Gasteiger partial charge in [0.2, 0.25) is 0 Å².